The van der Waals surface area contributed by atoms with Gasteiger partial charge < -0.3 is 16.0 Å². The molecular weight excluding hydrogens is 254 g/mol. The molecule has 3 N–H and O–H groups in total. The molecule has 5 heteroatoms. The minimum atomic E-state index is 0.0199. The van der Waals surface area contributed by atoms with E-state index in [0.717, 1.165) is 42.7 Å². The molecule has 0 saturated carbocycles. The van der Waals surface area contributed by atoms with Crippen LogP contribution < -0.4 is 16.0 Å². The van der Waals surface area contributed by atoms with Crippen molar-refractivity contribution >= 4 is 23.2 Å². The first-order chi connectivity index (χ1) is 9.70. The van der Waals surface area contributed by atoms with Crippen LogP contribution in [0.4, 0.5) is 11.4 Å². The topological polar surface area (TPSA) is 70.2 Å². The molecule has 106 valence electrons. The van der Waals surface area contributed by atoms with Gasteiger partial charge >= 0.3 is 0 Å². The minimum absolute atomic E-state index is 0.0199. The lowest BCUT2D eigenvalue weighted by molar-refractivity contribution is -0.117. The Hall–Kier alpha value is -1.88. The molecule has 1 aromatic rings. The van der Waals surface area contributed by atoms with Gasteiger partial charge in [-0.25, -0.2) is 0 Å². The second-order valence-electron chi connectivity index (χ2n) is 5.47. The van der Waals surface area contributed by atoms with Crippen molar-refractivity contribution in [3.05, 3.63) is 23.8 Å². The summed E-state index contributed by atoms with van der Waals surface area (Å²) in [7, 11) is 0. The van der Waals surface area contributed by atoms with E-state index < -0.39 is 0 Å². The maximum absolute atomic E-state index is 12.0. The van der Waals surface area contributed by atoms with E-state index in [1.165, 1.54) is 0 Å². The summed E-state index contributed by atoms with van der Waals surface area (Å²) in [5, 5.41) is 9.06. The maximum Gasteiger partial charge on any atom is 0.225 e. The summed E-state index contributed by atoms with van der Waals surface area (Å²) >= 11 is 0. The first-order valence-electron chi connectivity index (χ1n) is 7.17. The van der Waals surface area contributed by atoms with Crippen LogP contribution in [-0.2, 0) is 16.0 Å². The Bertz CT molecular complexity index is 536. The van der Waals surface area contributed by atoms with Crippen molar-refractivity contribution in [3.63, 3.8) is 0 Å². The number of carbonyl (C=O) groups is 2. The second-order valence-corrected chi connectivity index (χ2v) is 5.47. The Kier molecular flexibility index (Phi) is 3.69. The van der Waals surface area contributed by atoms with E-state index >= 15 is 0 Å². The van der Waals surface area contributed by atoms with Gasteiger partial charge in [0.15, 0.2) is 0 Å². The highest BCUT2D eigenvalue weighted by atomic mass is 16.2. The molecule has 2 aliphatic heterocycles. The minimum Gasteiger partial charge on any atom is -0.326 e. The molecule has 2 amide bonds. The van der Waals surface area contributed by atoms with Gasteiger partial charge in [-0.1, -0.05) is 6.07 Å². The average Bonchev–Trinajstić information content (AvgIpc) is 2.91. The lowest BCUT2D eigenvalue weighted by Crippen LogP contribution is -2.27. The lowest BCUT2D eigenvalue weighted by atomic mass is 10.0. The lowest BCUT2D eigenvalue weighted by Gasteiger charge is -2.18. The van der Waals surface area contributed by atoms with Crippen LogP contribution in [-0.4, -0.2) is 24.4 Å². The van der Waals surface area contributed by atoms with E-state index in [2.05, 4.69) is 16.0 Å². The van der Waals surface area contributed by atoms with Gasteiger partial charge in [0.2, 0.25) is 11.8 Å². The summed E-state index contributed by atoms with van der Waals surface area (Å²) in [4.78, 5) is 23.3. The number of carbonyl (C=O) groups excluding carboxylic acids is 2. The van der Waals surface area contributed by atoms with Crippen molar-refractivity contribution in [3.8, 4) is 0 Å². The molecule has 2 heterocycles. The van der Waals surface area contributed by atoms with Gasteiger partial charge in [-0.05, 0) is 43.5 Å². The molecule has 5 nitrogen and oxygen atoms in total. The van der Waals surface area contributed by atoms with Crippen molar-refractivity contribution < 1.29 is 9.59 Å². The molecule has 1 fully saturated rings. The molecule has 0 radical (unpaired) electrons. The van der Waals surface area contributed by atoms with Crippen molar-refractivity contribution in [2.75, 3.05) is 17.2 Å². The Balaban J connectivity index is 1.63. The summed E-state index contributed by atoms with van der Waals surface area (Å²) < 4.78 is 0. The zero-order valence-corrected chi connectivity index (χ0v) is 11.4. The van der Waals surface area contributed by atoms with Gasteiger partial charge in [0.1, 0.15) is 0 Å². The number of anilines is 2. The number of amides is 2. The highest BCUT2D eigenvalue weighted by Gasteiger charge is 2.19. The van der Waals surface area contributed by atoms with Crippen molar-refractivity contribution in [1.82, 2.24) is 5.32 Å². The Morgan fingerprint density at radius 2 is 2.25 bits per heavy atom. The largest absolute Gasteiger partial charge is 0.326 e. The van der Waals surface area contributed by atoms with E-state index in [-0.39, 0.29) is 11.8 Å². The van der Waals surface area contributed by atoms with Crippen molar-refractivity contribution in [1.29, 1.82) is 0 Å². The zero-order chi connectivity index (χ0) is 13.9. The van der Waals surface area contributed by atoms with Crippen LogP contribution in [0.5, 0.6) is 0 Å². The molecule has 0 aliphatic carbocycles. The predicted molar refractivity (Wildman–Crippen MR) is 77.7 cm³/mol. The Labute approximate surface area is 118 Å². The van der Waals surface area contributed by atoms with E-state index in [1.54, 1.807) is 0 Å². The molecule has 20 heavy (non-hydrogen) atoms. The Morgan fingerprint density at radius 1 is 1.35 bits per heavy atom. The summed E-state index contributed by atoms with van der Waals surface area (Å²) in [6.07, 6.45) is 4.01. The number of rotatable bonds is 3. The summed E-state index contributed by atoms with van der Waals surface area (Å²) in [6.45, 7) is 1.00. The second kappa shape index (κ2) is 5.63. The van der Waals surface area contributed by atoms with E-state index in [1.807, 2.05) is 18.2 Å². The predicted octanol–water partition coefficient (Wildman–Crippen LogP) is 1.65. The highest BCUT2D eigenvalue weighted by molar-refractivity contribution is 5.96. The van der Waals surface area contributed by atoms with Crippen LogP contribution in [0, 0.1) is 0 Å². The molecule has 2 aliphatic rings. The molecule has 1 atom stereocenters. The number of hydrogen-bond donors (Lipinski definition) is 3. The fourth-order valence-corrected chi connectivity index (χ4v) is 2.82. The maximum atomic E-state index is 12.0. The van der Waals surface area contributed by atoms with Crippen LogP contribution >= 0.6 is 0 Å². The van der Waals surface area contributed by atoms with Gasteiger partial charge in [0.05, 0.1) is 0 Å². The van der Waals surface area contributed by atoms with Gasteiger partial charge in [0, 0.05) is 30.3 Å². The molecule has 1 aromatic carbocycles. The number of aryl methyl sites for hydroxylation is 1. The van der Waals surface area contributed by atoms with Gasteiger partial charge in [0.25, 0.3) is 0 Å². The molecule has 1 saturated heterocycles. The first kappa shape index (κ1) is 13.1. The number of benzene rings is 1. The van der Waals surface area contributed by atoms with Gasteiger partial charge in [-0.2, -0.15) is 0 Å². The molecular formula is C15H19N3O2. The Morgan fingerprint density at radius 3 is 3.05 bits per heavy atom. The van der Waals surface area contributed by atoms with Crippen LogP contribution in [0.15, 0.2) is 18.2 Å². The van der Waals surface area contributed by atoms with Gasteiger partial charge in [-0.15, -0.1) is 0 Å². The third-order valence-corrected chi connectivity index (χ3v) is 3.88. The fourth-order valence-electron chi connectivity index (χ4n) is 2.82. The third-order valence-electron chi connectivity index (χ3n) is 3.88. The monoisotopic (exact) mass is 273 g/mol. The normalized spacial score (nSPS) is 21.2. The fraction of sp³-hybridized carbons (Fsp3) is 0.467. The molecule has 0 aromatic heterocycles. The van der Waals surface area contributed by atoms with E-state index in [4.69, 9.17) is 0 Å². The van der Waals surface area contributed by atoms with E-state index in [0.29, 0.717) is 18.9 Å². The zero-order valence-electron chi connectivity index (χ0n) is 11.4. The number of fused-ring (bicyclic) bond motifs is 1. The molecule has 1 unspecified atom stereocenters. The third kappa shape index (κ3) is 2.99. The van der Waals surface area contributed by atoms with Gasteiger partial charge in [-0.3, -0.25) is 9.59 Å². The average molecular weight is 273 g/mol. The van der Waals surface area contributed by atoms with Crippen LogP contribution in [0.1, 0.15) is 31.2 Å². The highest BCUT2D eigenvalue weighted by Crippen LogP contribution is 2.26. The van der Waals surface area contributed by atoms with E-state index in [9.17, 15) is 9.59 Å². The smallest absolute Gasteiger partial charge is 0.225 e. The standard InChI is InChI=1S/C15H19N3O2/c19-14-6-4-10-3-5-12(8-13(10)18-14)17-15(20)9-11-2-1-7-16-11/h3,5,8,11,16H,1-2,4,6-7,9H2,(H,17,20)(H,18,19). The molecule has 0 bridgehead atoms. The number of nitrogens with one attached hydrogen (secondary N) is 3. The summed E-state index contributed by atoms with van der Waals surface area (Å²) in [5.74, 6) is 0.0580. The van der Waals surface area contributed by atoms with Crippen molar-refractivity contribution in [2.45, 2.75) is 38.1 Å². The SMILES string of the molecule is O=C(CC1CCCN1)Nc1ccc2c(c1)NC(=O)CC2. The van der Waals surface area contributed by atoms with Crippen LogP contribution in [0.3, 0.4) is 0 Å². The van der Waals surface area contributed by atoms with Crippen molar-refractivity contribution in [2.24, 2.45) is 0 Å². The number of hydrogen-bond acceptors (Lipinski definition) is 3. The quantitative estimate of drug-likeness (QED) is 0.784. The summed E-state index contributed by atoms with van der Waals surface area (Å²) in [5.41, 5.74) is 2.69. The molecule has 3 rings (SSSR count). The van der Waals surface area contributed by atoms with Crippen LogP contribution in [0.2, 0.25) is 0 Å². The van der Waals surface area contributed by atoms with Crippen LogP contribution in [0.25, 0.3) is 0 Å². The first-order valence-corrected chi connectivity index (χ1v) is 7.17. The molecule has 0 spiro atoms. The summed E-state index contributed by atoms with van der Waals surface area (Å²) in [6, 6.07) is 6.01.